The molecule has 0 heterocycles. The fraction of sp³-hybridized carbons (Fsp3) is 0.167. The molecule has 2 aromatic rings. The van der Waals surface area contributed by atoms with Crippen LogP contribution in [0.1, 0.15) is 10.4 Å². The Morgan fingerprint density at radius 3 is 2.45 bits per heavy atom. The van der Waals surface area contributed by atoms with Crippen molar-refractivity contribution in [3.05, 3.63) is 68.7 Å². The highest BCUT2D eigenvalue weighted by molar-refractivity contribution is 9.10. The number of anilines is 1. The minimum atomic E-state index is -1.35. The molecule has 10 nitrogen and oxygen atoms in total. The molecule has 1 atom stereocenters. The Kier molecular flexibility index (Phi) is 7.80. The fourth-order valence-corrected chi connectivity index (χ4v) is 2.62. The molecular formula is C18H16BrN3O7. The van der Waals surface area contributed by atoms with Gasteiger partial charge in [0.25, 0.3) is 17.5 Å². The normalized spacial score (nSPS) is 11.2. The van der Waals surface area contributed by atoms with E-state index in [0.717, 1.165) is 0 Å². The van der Waals surface area contributed by atoms with E-state index in [1.807, 2.05) is 0 Å². The molecule has 0 saturated carbocycles. The van der Waals surface area contributed by atoms with Crippen molar-refractivity contribution < 1.29 is 29.2 Å². The van der Waals surface area contributed by atoms with Gasteiger partial charge in [-0.05, 0) is 34.1 Å². The molecule has 0 radical (unpaired) electrons. The van der Waals surface area contributed by atoms with Gasteiger partial charge in [-0.3, -0.25) is 19.7 Å². The van der Waals surface area contributed by atoms with Gasteiger partial charge in [0.05, 0.1) is 17.2 Å². The van der Waals surface area contributed by atoms with E-state index in [2.05, 4.69) is 26.6 Å². The number of nitro benzene ring substituents is 1. The molecule has 11 heteroatoms. The van der Waals surface area contributed by atoms with Crippen LogP contribution in [0.5, 0.6) is 0 Å². The maximum atomic E-state index is 12.0. The van der Waals surface area contributed by atoms with Crippen molar-refractivity contribution >= 4 is 45.1 Å². The van der Waals surface area contributed by atoms with Crippen molar-refractivity contribution in [1.29, 1.82) is 0 Å². The van der Waals surface area contributed by atoms with Gasteiger partial charge in [0.1, 0.15) is 0 Å². The lowest BCUT2D eigenvalue weighted by Crippen LogP contribution is -2.45. The Bertz CT molecular complexity index is 921. The number of non-ortho nitro benzene ring substituents is 1. The zero-order chi connectivity index (χ0) is 21.4. The van der Waals surface area contributed by atoms with Crippen LogP contribution in [-0.2, 0) is 14.3 Å². The molecule has 0 fully saturated rings. The molecule has 0 bridgehead atoms. The third-order valence-electron chi connectivity index (χ3n) is 3.59. The highest BCUT2D eigenvalue weighted by Crippen LogP contribution is 2.27. The van der Waals surface area contributed by atoms with E-state index in [0.29, 0.717) is 5.56 Å². The first kappa shape index (κ1) is 22.0. The molecule has 0 saturated heterocycles. The maximum Gasteiger partial charge on any atom is 0.331 e. The first-order chi connectivity index (χ1) is 13.8. The summed E-state index contributed by atoms with van der Waals surface area (Å²) in [4.78, 5) is 46.1. The Morgan fingerprint density at radius 2 is 1.86 bits per heavy atom. The van der Waals surface area contributed by atoms with Crippen molar-refractivity contribution in [3.8, 4) is 0 Å². The van der Waals surface area contributed by atoms with Gasteiger partial charge in [-0.1, -0.05) is 18.2 Å². The van der Waals surface area contributed by atoms with Gasteiger partial charge in [0, 0.05) is 22.2 Å². The van der Waals surface area contributed by atoms with Crippen LogP contribution in [0.15, 0.2) is 53.0 Å². The van der Waals surface area contributed by atoms with Crippen LogP contribution >= 0.6 is 15.9 Å². The second kappa shape index (κ2) is 10.3. The van der Waals surface area contributed by atoms with Crippen LogP contribution in [-0.4, -0.2) is 47.1 Å². The number of nitrogens with one attached hydrogen (secondary N) is 2. The average Bonchev–Trinajstić information content (AvgIpc) is 2.72. The highest BCUT2D eigenvalue weighted by Gasteiger charge is 2.23. The quantitative estimate of drug-likeness (QED) is 0.304. The van der Waals surface area contributed by atoms with E-state index in [-0.39, 0.29) is 15.8 Å². The molecule has 0 spiro atoms. The molecule has 0 aliphatic heterocycles. The fourth-order valence-electron chi connectivity index (χ4n) is 2.15. The summed E-state index contributed by atoms with van der Waals surface area (Å²) in [6.07, 6.45) is 0. The van der Waals surface area contributed by atoms with Crippen molar-refractivity contribution in [1.82, 2.24) is 5.32 Å². The molecule has 1 unspecified atom stereocenters. The Labute approximate surface area is 173 Å². The van der Waals surface area contributed by atoms with Crippen LogP contribution in [0.25, 0.3) is 0 Å². The van der Waals surface area contributed by atoms with E-state index in [4.69, 9.17) is 4.74 Å². The average molecular weight is 466 g/mol. The second-order valence-electron chi connectivity index (χ2n) is 5.65. The van der Waals surface area contributed by atoms with E-state index in [9.17, 15) is 29.6 Å². The standard InChI is InChI=1S/C18H16BrN3O7/c19-13-8-12(22(27)28)6-7-14(13)20-16(24)10-29-18(26)15(9-23)21-17(25)11-4-2-1-3-5-11/h1-8,15,23H,9-10H2,(H,20,24)(H,21,25). The number of benzene rings is 2. The van der Waals surface area contributed by atoms with Gasteiger partial charge in [-0.25, -0.2) is 4.79 Å². The zero-order valence-corrected chi connectivity index (χ0v) is 16.4. The van der Waals surface area contributed by atoms with Crippen molar-refractivity contribution in [2.45, 2.75) is 6.04 Å². The van der Waals surface area contributed by atoms with Gasteiger partial charge in [0.2, 0.25) is 0 Å². The number of amides is 2. The number of aliphatic hydroxyl groups excluding tert-OH is 1. The van der Waals surface area contributed by atoms with Crippen molar-refractivity contribution in [3.63, 3.8) is 0 Å². The van der Waals surface area contributed by atoms with Gasteiger partial charge >= 0.3 is 5.97 Å². The SMILES string of the molecule is O=C(COC(=O)C(CO)NC(=O)c1ccccc1)Nc1ccc([N+](=O)[O-])cc1Br. The summed E-state index contributed by atoms with van der Waals surface area (Å²) in [6, 6.07) is 10.4. The monoisotopic (exact) mass is 465 g/mol. The number of carbonyl (C=O) groups excluding carboxylic acids is 3. The summed E-state index contributed by atoms with van der Waals surface area (Å²) in [5.41, 5.74) is 0.369. The van der Waals surface area contributed by atoms with E-state index in [1.54, 1.807) is 18.2 Å². The maximum absolute atomic E-state index is 12.0. The minimum Gasteiger partial charge on any atom is -0.454 e. The summed E-state index contributed by atoms with van der Waals surface area (Å²) >= 11 is 3.10. The molecule has 0 aliphatic carbocycles. The number of nitrogens with zero attached hydrogens (tertiary/aromatic N) is 1. The number of hydrogen-bond donors (Lipinski definition) is 3. The van der Waals surface area contributed by atoms with Crippen LogP contribution in [0.4, 0.5) is 11.4 Å². The molecule has 2 aromatic carbocycles. The van der Waals surface area contributed by atoms with Gasteiger partial charge in [-0.2, -0.15) is 0 Å². The number of ether oxygens (including phenoxy) is 1. The second-order valence-corrected chi connectivity index (χ2v) is 6.51. The summed E-state index contributed by atoms with van der Waals surface area (Å²) in [7, 11) is 0. The molecule has 0 aliphatic rings. The van der Waals surface area contributed by atoms with Gasteiger partial charge in [0.15, 0.2) is 12.6 Å². The predicted molar refractivity (Wildman–Crippen MR) is 105 cm³/mol. The molecule has 2 amide bonds. The zero-order valence-electron chi connectivity index (χ0n) is 14.8. The number of rotatable bonds is 8. The lowest BCUT2D eigenvalue weighted by Gasteiger charge is -2.15. The van der Waals surface area contributed by atoms with E-state index < -0.39 is 42.0 Å². The largest absolute Gasteiger partial charge is 0.454 e. The Balaban J connectivity index is 1.89. The summed E-state index contributed by atoms with van der Waals surface area (Å²) < 4.78 is 5.09. The Morgan fingerprint density at radius 1 is 1.17 bits per heavy atom. The van der Waals surface area contributed by atoms with E-state index in [1.165, 1.54) is 30.3 Å². The number of halogens is 1. The van der Waals surface area contributed by atoms with Crippen molar-refractivity contribution in [2.75, 3.05) is 18.5 Å². The molecule has 0 aromatic heterocycles. The molecule has 2 rings (SSSR count). The van der Waals surface area contributed by atoms with Gasteiger partial charge < -0.3 is 20.5 Å². The third-order valence-corrected chi connectivity index (χ3v) is 4.25. The molecule has 3 N–H and O–H groups in total. The third kappa shape index (κ3) is 6.36. The minimum absolute atomic E-state index is 0.166. The first-order valence-corrected chi connectivity index (χ1v) is 8.98. The number of hydrogen-bond acceptors (Lipinski definition) is 7. The topological polar surface area (TPSA) is 148 Å². The summed E-state index contributed by atoms with van der Waals surface area (Å²) in [6.45, 7) is -1.40. The highest BCUT2D eigenvalue weighted by atomic mass is 79.9. The lowest BCUT2D eigenvalue weighted by atomic mass is 10.2. The number of carbonyl (C=O) groups is 3. The Hall–Kier alpha value is -3.31. The van der Waals surface area contributed by atoms with Crippen LogP contribution in [0, 0.1) is 10.1 Å². The first-order valence-electron chi connectivity index (χ1n) is 8.19. The predicted octanol–water partition coefficient (Wildman–Crippen LogP) is 1.63. The molecule has 29 heavy (non-hydrogen) atoms. The smallest absolute Gasteiger partial charge is 0.331 e. The molecular weight excluding hydrogens is 450 g/mol. The number of nitro groups is 1. The van der Waals surface area contributed by atoms with Crippen LogP contribution in [0.2, 0.25) is 0 Å². The van der Waals surface area contributed by atoms with Gasteiger partial charge in [-0.15, -0.1) is 0 Å². The number of aliphatic hydroxyl groups is 1. The van der Waals surface area contributed by atoms with Crippen molar-refractivity contribution in [2.24, 2.45) is 0 Å². The van der Waals surface area contributed by atoms with Crippen LogP contribution in [0.3, 0.4) is 0 Å². The lowest BCUT2D eigenvalue weighted by molar-refractivity contribution is -0.384. The van der Waals surface area contributed by atoms with Crippen LogP contribution < -0.4 is 10.6 Å². The summed E-state index contributed by atoms with van der Waals surface area (Å²) in [5, 5.41) is 24.8. The van der Waals surface area contributed by atoms with E-state index >= 15 is 0 Å². The molecule has 152 valence electrons. The summed E-state index contributed by atoms with van der Waals surface area (Å²) in [5.74, 6) is -2.28. The number of esters is 1.